The number of anilines is 1. The number of nitrogens with one attached hydrogen (secondary N) is 1. The summed E-state index contributed by atoms with van der Waals surface area (Å²) in [4.78, 5) is 8.12. The number of rotatable bonds is 2. The number of halogens is 5. The van der Waals surface area contributed by atoms with E-state index in [0.29, 0.717) is 22.5 Å². The van der Waals surface area contributed by atoms with Gasteiger partial charge in [-0.1, -0.05) is 12.1 Å². The van der Waals surface area contributed by atoms with E-state index in [4.69, 9.17) is 0 Å². The van der Waals surface area contributed by atoms with Crippen molar-refractivity contribution in [1.82, 2.24) is 9.97 Å². The van der Waals surface area contributed by atoms with Crippen molar-refractivity contribution in [2.75, 3.05) is 5.32 Å². The molecular formula is C22H18F5N3. The second kappa shape index (κ2) is 7.34. The molecule has 0 amide bonds. The van der Waals surface area contributed by atoms with Gasteiger partial charge in [-0.15, -0.1) is 0 Å². The summed E-state index contributed by atoms with van der Waals surface area (Å²) < 4.78 is 70.0. The highest BCUT2D eigenvalue weighted by Crippen LogP contribution is 2.49. The maximum atomic E-state index is 14.2. The van der Waals surface area contributed by atoms with Crippen LogP contribution < -0.4 is 5.32 Å². The number of nitrogens with zero attached hydrogens (tertiary/aromatic N) is 2. The van der Waals surface area contributed by atoms with Crippen molar-refractivity contribution < 1.29 is 22.0 Å². The molecule has 0 aliphatic heterocycles. The molecule has 0 saturated heterocycles. The summed E-state index contributed by atoms with van der Waals surface area (Å²) in [5, 5.41) is 3.21. The van der Waals surface area contributed by atoms with Gasteiger partial charge in [0, 0.05) is 17.3 Å². The first-order valence-corrected chi connectivity index (χ1v) is 9.39. The molecule has 0 saturated carbocycles. The van der Waals surface area contributed by atoms with E-state index >= 15 is 0 Å². The molecule has 1 aromatic heterocycles. The van der Waals surface area contributed by atoms with Crippen molar-refractivity contribution in [3.8, 4) is 0 Å². The van der Waals surface area contributed by atoms with Crippen molar-refractivity contribution in [2.45, 2.75) is 32.5 Å². The fraction of sp³-hybridized carbons (Fsp3) is 0.273. The van der Waals surface area contributed by atoms with Crippen LogP contribution in [0.1, 0.15) is 36.3 Å². The van der Waals surface area contributed by atoms with Gasteiger partial charge < -0.3 is 5.32 Å². The fourth-order valence-corrected chi connectivity index (χ4v) is 3.98. The lowest BCUT2D eigenvalue weighted by molar-refractivity contribution is -0.178. The minimum Gasteiger partial charge on any atom is -0.377 e. The predicted molar refractivity (Wildman–Crippen MR) is 105 cm³/mol. The Morgan fingerprint density at radius 1 is 1.13 bits per heavy atom. The summed E-state index contributed by atoms with van der Waals surface area (Å²) >= 11 is 0. The predicted octanol–water partition coefficient (Wildman–Crippen LogP) is 6.36. The molecule has 1 heterocycles. The summed E-state index contributed by atoms with van der Waals surface area (Å²) in [5.41, 5.74) is 1.52. The zero-order chi connectivity index (χ0) is 21.6. The van der Waals surface area contributed by atoms with Gasteiger partial charge in [0.05, 0.1) is 12.0 Å². The number of hydrogen-bond acceptors (Lipinski definition) is 3. The standard InChI is InChI=1S/C22H18F5N3/c1-3-12-8-17(22(25,26)27)20(14-5-4-13(23)9-15(12)14)30-19-7-6-18(24)21-16(19)10-28-11(2)29-21/h3-7,9-10,17,20,30H,8H2,1-2H3/b12-3-/t17-,20+/m0/s1. The van der Waals surface area contributed by atoms with Crippen molar-refractivity contribution >= 4 is 22.2 Å². The van der Waals surface area contributed by atoms with Crippen LogP contribution >= 0.6 is 0 Å². The van der Waals surface area contributed by atoms with Gasteiger partial charge in [-0.3, -0.25) is 0 Å². The molecule has 3 nitrogen and oxygen atoms in total. The van der Waals surface area contributed by atoms with Crippen LogP contribution in [-0.2, 0) is 0 Å². The molecule has 2 aromatic carbocycles. The highest BCUT2D eigenvalue weighted by molar-refractivity contribution is 5.91. The van der Waals surface area contributed by atoms with Gasteiger partial charge >= 0.3 is 6.18 Å². The van der Waals surface area contributed by atoms with Crippen LogP contribution in [-0.4, -0.2) is 16.1 Å². The number of aromatic nitrogens is 2. The number of benzene rings is 2. The summed E-state index contributed by atoms with van der Waals surface area (Å²) in [6.45, 7) is 3.24. The lowest BCUT2D eigenvalue weighted by Gasteiger charge is -2.37. The van der Waals surface area contributed by atoms with Gasteiger partial charge in [0.2, 0.25) is 0 Å². The molecule has 0 bridgehead atoms. The molecule has 4 rings (SSSR count). The van der Waals surface area contributed by atoms with E-state index in [0.717, 1.165) is 12.1 Å². The van der Waals surface area contributed by atoms with Crippen molar-refractivity contribution in [3.63, 3.8) is 0 Å². The van der Waals surface area contributed by atoms with E-state index < -0.39 is 29.8 Å². The molecule has 8 heteroatoms. The third-order valence-electron chi connectivity index (χ3n) is 5.44. The molecule has 1 N–H and O–H groups in total. The Morgan fingerprint density at radius 2 is 1.90 bits per heavy atom. The second-order valence-corrected chi connectivity index (χ2v) is 7.29. The average Bonchev–Trinajstić information content (AvgIpc) is 2.69. The average molecular weight is 419 g/mol. The van der Waals surface area contributed by atoms with E-state index in [1.807, 2.05) is 0 Å². The number of alkyl halides is 3. The number of allylic oxidation sites excluding steroid dienone is 2. The van der Waals surface area contributed by atoms with Crippen LogP contribution in [0.5, 0.6) is 0 Å². The van der Waals surface area contributed by atoms with Crippen LogP contribution in [0.25, 0.3) is 16.5 Å². The van der Waals surface area contributed by atoms with Crippen LogP contribution in [0.4, 0.5) is 27.6 Å². The lowest BCUT2D eigenvalue weighted by Crippen LogP contribution is -2.36. The molecule has 0 radical (unpaired) electrons. The Hall–Kier alpha value is -3.03. The third kappa shape index (κ3) is 3.51. The zero-order valence-corrected chi connectivity index (χ0v) is 16.2. The van der Waals surface area contributed by atoms with Crippen LogP contribution in [0.15, 0.2) is 42.6 Å². The van der Waals surface area contributed by atoms with E-state index in [1.165, 1.54) is 24.4 Å². The zero-order valence-electron chi connectivity index (χ0n) is 16.2. The maximum Gasteiger partial charge on any atom is 0.394 e. The van der Waals surface area contributed by atoms with Crippen LogP contribution in [0.3, 0.4) is 0 Å². The smallest absolute Gasteiger partial charge is 0.377 e. The summed E-state index contributed by atoms with van der Waals surface area (Å²) in [6.07, 6.45) is -1.82. The van der Waals surface area contributed by atoms with E-state index in [-0.39, 0.29) is 23.0 Å². The minimum atomic E-state index is -4.50. The monoisotopic (exact) mass is 419 g/mol. The van der Waals surface area contributed by atoms with Gasteiger partial charge in [0.15, 0.2) is 0 Å². The Balaban J connectivity index is 1.88. The van der Waals surface area contributed by atoms with Gasteiger partial charge in [0.1, 0.15) is 23.0 Å². The van der Waals surface area contributed by atoms with Crippen molar-refractivity contribution in [1.29, 1.82) is 0 Å². The molecule has 1 aliphatic rings. The fourth-order valence-electron chi connectivity index (χ4n) is 3.98. The quantitative estimate of drug-likeness (QED) is 0.492. The SMILES string of the molecule is C/C=C1/C[C@H](C(F)(F)F)[C@H](Nc2ccc(F)c3nc(C)ncc23)c2ccc(F)cc21. The largest absolute Gasteiger partial charge is 0.394 e. The molecule has 30 heavy (non-hydrogen) atoms. The Kier molecular flexibility index (Phi) is 4.95. The van der Waals surface area contributed by atoms with Gasteiger partial charge in [0.25, 0.3) is 0 Å². The Labute approximate surface area is 169 Å². The number of hydrogen-bond donors (Lipinski definition) is 1. The summed E-state index contributed by atoms with van der Waals surface area (Å²) in [5.74, 6) is -2.50. The first-order valence-electron chi connectivity index (χ1n) is 9.39. The van der Waals surface area contributed by atoms with Gasteiger partial charge in [-0.05, 0) is 61.2 Å². The lowest BCUT2D eigenvalue weighted by atomic mass is 9.76. The van der Waals surface area contributed by atoms with Crippen LogP contribution in [0.2, 0.25) is 0 Å². The minimum absolute atomic E-state index is 0.0281. The molecular weight excluding hydrogens is 401 g/mol. The van der Waals surface area contributed by atoms with E-state index in [9.17, 15) is 22.0 Å². The molecule has 2 atom stereocenters. The number of fused-ring (bicyclic) bond motifs is 2. The maximum absolute atomic E-state index is 14.2. The third-order valence-corrected chi connectivity index (χ3v) is 5.44. The van der Waals surface area contributed by atoms with E-state index in [2.05, 4.69) is 15.3 Å². The van der Waals surface area contributed by atoms with Crippen molar-refractivity contribution in [3.05, 3.63) is 71.2 Å². The highest BCUT2D eigenvalue weighted by Gasteiger charge is 2.48. The normalized spacial score (nSPS) is 20.4. The molecule has 0 spiro atoms. The molecule has 0 fully saturated rings. The highest BCUT2D eigenvalue weighted by atomic mass is 19.4. The Bertz CT molecular complexity index is 1150. The topological polar surface area (TPSA) is 37.8 Å². The van der Waals surface area contributed by atoms with Crippen LogP contribution in [0, 0.1) is 24.5 Å². The number of aryl methyl sites for hydroxylation is 1. The van der Waals surface area contributed by atoms with Gasteiger partial charge in [-0.2, -0.15) is 13.2 Å². The second-order valence-electron chi connectivity index (χ2n) is 7.29. The van der Waals surface area contributed by atoms with Crippen molar-refractivity contribution in [2.24, 2.45) is 5.92 Å². The van der Waals surface area contributed by atoms with Gasteiger partial charge in [-0.25, -0.2) is 18.7 Å². The molecule has 156 valence electrons. The van der Waals surface area contributed by atoms with E-state index in [1.54, 1.807) is 19.9 Å². The Morgan fingerprint density at radius 3 is 2.60 bits per heavy atom. The molecule has 1 aliphatic carbocycles. The first kappa shape index (κ1) is 20.3. The summed E-state index contributed by atoms with van der Waals surface area (Å²) in [6, 6.07) is 5.12. The molecule has 3 aromatic rings. The summed E-state index contributed by atoms with van der Waals surface area (Å²) in [7, 11) is 0. The first-order chi connectivity index (χ1) is 14.2. The molecule has 0 unspecified atom stereocenters.